The number of aryl methyl sites for hydroxylation is 1. The van der Waals surface area contributed by atoms with Gasteiger partial charge in [0.25, 0.3) is 5.91 Å². The van der Waals surface area contributed by atoms with E-state index in [1.807, 2.05) is 18.2 Å². The van der Waals surface area contributed by atoms with Crippen LogP contribution in [0.25, 0.3) is 11.3 Å². The summed E-state index contributed by atoms with van der Waals surface area (Å²) in [5.74, 6) is -0.798. The largest absolute Gasteiger partial charge is 0.452 e. The van der Waals surface area contributed by atoms with Crippen LogP contribution in [0, 0.1) is 6.92 Å². The lowest BCUT2D eigenvalue weighted by atomic mass is 10.1. The molecule has 0 spiro atoms. The Labute approximate surface area is 191 Å². The van der Waals surface area contributed by atoms with Crippen LogP contribution >= 0.6 is 0 Å². The molecule has 2 aromatic carbocycles. The molecule has 9 nitrogen and oxygen atoms in total. The molecule has 0 saturated carbocycles. The zero-order chi connectivity index (χ0) is 23.4. The fourth-order valence-electron chi connectivity index (χ4n) is 3.62. The minimum atomic E-state index is -3.61. The third-order valence-electron chi connectivity index (χ3n) is 5.41. The molecule has 0 bridgehead atoms. The van der Waals surface area contributed by atoms with E-state index in [1.165, 1.54) is 9.21 Å². The number of ether oxygens (including phenoxy) is 1. The van der Waals surface area contributed by atoms with Crippen molar-refractivity contribution in [3.05, 3.63) is 72.0 Å². The molecule has 2 heterocycles. The molecule has 0 atom stereocenters. The number of amides is 1. The van der Waals surface area contributed by atoms with E-state index >= 15 is 0 Å². The van der Waals surface area contributed by atoms with Gasteiger partial charge >= 0.3 is 5.97 Å². The SMILES string of the molecule is Cc1onc(-c2ccccc2)c1C(=O)OCC(=O)N1CCN(S(=O)(=O)c2ccccc2)CC1. The average Bonchev–Trinajstić information content (AvgIpc) is 3.25. The predicted octanol–water partition coefficient (Wildman–Crippen LogP) is 2.34. The Balaban J connectivity index is 1.35. The topological polar surface area (TPSA) is 110 Å². The third-order valence-corrected chi connectivity index (χ3v) is 7.33. The lowest BCUT2D eigenvalue weighted by Gasteiger charge is -2.33. The quantitative estimate of drug-likeness (QED) is 0.510. The molecule has 1 aliphatic rings. The summed E-state index contributed by atoms with van der Waals surface area (Å²) in [4.78, 5) is 27.0. The molecule has 1 amide bonds. The van der Waals surface area contributed by atoms with Gasteiger partial charge in [-0.25, -0.2) is 13.2 Å². The van der Waals surface area contributed by atoms with Gasteiger partial charge in [0.1, 0.15) is 17.0 Å². The van der Waals surface area contributed by atoms with Crippen molar-refractivity contribution in [3.8, 4) is 11.3 Å². The normalized spacial score (nSPS) is 14.8. The summed E-state index contributed by atoms with van der Waals surface area (Å²) in [5, 5.41) is 3.95. The van der Waals surface area contributed by atoms with E-state index in [9.17, 15) is 18.0 Å². The summed E-state index contributed by atoms with van der Waals surface area (Å²) < 4.78 is 37.2. The molecule has 33 heavy (non-hydrogen) atoms. The van der Waals surface area contributed by atoms with Crippen molar-refractivity contribution in [1.29, 1.82) is 0 Å². The molecule has 10 heteroatoms. The number of hydrogen-bond acceptors (Lipinski definition) is 7. The van der Waals surface area contributed by atoms with Gasteiger partial charge in [-0.05, 0) is 19.1 Å². The second-order valence-electron chi connectivity index (χ2n) is 7.50. The third kappa shape index (κ3) is 4.81. The highest BCUT2D eigenvalue weighted by atomic mass is 32.2. The van der Waals surface area contributed by atoms with Gasteiger partial charge in [-0.2, -0.15) is 4.31 Å². The van der Waals surface area contributed by atoms with Gasteiger partial charge in [0.2, 0.25) is 10.0 Å². The van der Waals surface area contributed by atoms with Gasteiger partial charge < -0.3 is 14.2 Å². The number of rotatable bonds is 6. The lowest BCUT2D eigenvalue weighted by Crippen LogP contribution is -2.51. The standard InChI is InChI=1S/C23H23N3O6S/c1-17-21(22(24-32-17)18-8-4-2-5-9-18)23(28)31-16-20(27)25-12-14-26(15-13-25)33(29,30)19-10-6-3-7-11-19/h2-11H,12-16H2,1H3. The summed E-state index contributed by atoms with van der Waals surface area (Å²) in [6, 6.07) is 17.2. The Morgan fingerprint density at radius 3 is 2.21 bits per heavy atom. The first-order chi connectivity index (χ1) is 15.9. The van der Waals surface area contributed by atoms with Gasteiger partial charge in [0, 0.05) is 31.7 Å². The van der Waals surface area contributed by atoms with Crippen LogP contribution in [0.5, 0.6) is 0 Å². The summed E-state index contributed by atoms with van der Waals surface area (Å²) in [6.07, 6.45) is 0. The van der Waals surface area contributed by atoms with Crippen LogP contribution in [0.2, 0.25) is 0 Å². The second kappa shape index (κ2) is 9.55. The highest BCUT2D eigenvalue weighted by Gasteiger charge is 2.31. The number of sulfonamides is 1. The van der Waals surface area contributed by atoms with Crippen LogP contribution in [0.4, 0.5) is 0 Å². The summed E-state index contributed by atoms with van der Waals surface area (Å²) in [5.41, 5.74) is 1.22. The maximum atomic E-state index is 12.7. The molecule has 1 fully saturated rings. The Morgan fingerprint density at radius 1 is 0.970 bits per heavy atom. The van der Waals surface area contributed by atoms with E-state index in [1.54, 1.807) is 49.4 Å². The predicted molar refractivity (Wildman–Crippen MR) is 119 cm³/mol. The Bertz CT molecular complexity index is 1230. The minimum Gasteiger partial charge on any atom is -0.452 e. The summed E-state index contributed by atoms with van der Waals surface area (Å²) >= 11 is 0. The molecule has 1 saturated heterocycles. The van der Waals surface area contributed by atoms with Crippen LogP contribution in [0.1, 0.15) is 16.1 Å². The molecule has 4 rings (SSSR count). The molecule has 0 radical (unpaired) electrons. The zero-order valence-electron chi connectivity index (χ0n) is 18.0. The van der Waals surface area contributed by atoms with Crippen LogP contribution < -0.4 is 0 Å². The molecule has 1 aliphatic heterocycles. The van der Waals surface area contributed by atoms with Gasteiger partial charge in [-0.1, -0.05) is 53.7 Å². The molecule has 3 aromatic rings. The number of carbonyl (C=O) groups excluding carboxylic acids is 2. The van der Waals surface area contributed by atoms with E-state index < -0.39 is 28.5 Å². The smallest absolute Gasteiger partial charge is 0.344 e. The van der Waals surface area contributed by atoms with Crippen LogP contribution in [0.3, 0.4) is 0 Å². The zero-order valence-corrected chi connectivity index (χ0v) is 18.8. The van der Waals surface area contributed by atoms with Crippen molar-refractivity contribution in [2.45, 2.75) is 11.8 Å². The van der Waals surface area contributed by atoms with Crippen molar-refractivity contribution in [2.75, 3.05) is 32.8 Å². The van der Waals surface area contributed by atoms with E-state index in [0.29, 0.717) is 17.0 Å². The van der Waals surface area contributed by atoms with Crippen molar-refractivity contribution in [1.82, 2.24) is 14.4 Å². The van der Waals surface area contributed by atoms with Crippen molar-refractivity contribution >= 4 is 21.9 Å². The maximum Gasteiger partial charge on any atom is 0.344 e. The molecular formula is C23H23N3O6S. The van der Waals surface area contributed by atoms with Gasteiger partial charge in [0.15, 0.2) is 6.61 Å². The minimum absolute atomic E-state index is 0.166. The molecule has 0 aliphatic carbocycles. The Morgan fingerprint density at radius 2 is 1.58 bits per heavy atom. The van der Waals surface area contributed by atoms with E-state index in [4.69, 9.17) is 9.26 Å². The molecule has 172 valence electrons. The highest BCUT2D eigenvalue weighted by molar-refractivity contribution is 7.89. The summed E-state index contributed by atoms with van der Waals surface area (Å²) in [7, 11) is -3.61. The van der Waals surface area contributed by atoms with Gasteiger partial charge in [0.05, 0.1) is 4.90 Å². The monoisotopic (exact) mass is 469 g/mol. The molecule has 1 aromatic heterocycles. The molecule has 0 unspecified atom stereocenters. The summed E-state index contributed by atoms with van der Waals surface area (Å²) in [6.45, 7) is 1.90. The maximum absolute atomic E-state index is 12.7. The van der Waals surface area contributed by atoms with Gasteiger partial charge in [-0.3, -0.25) is 4.79 Å². The Kier molecular flexibility index (Phi) is 6.57. The van der Waals surface area contributed by atoms with Crippen molar-refractivity contribution in [3.63, 3.8) is 0 Å². The van der Waals surface area contributed by atoms with E-state index in [0.717, 1.165) is 0 Å². The van der Waals surface area contributed by atoms with Gasteiger partial charge in [-0.15, -0.1) is 0 Å². The number of benzene rings is 2. The first-order valence-electron chi connectivity index (χ1n) is 10.4. The first kappa shape index (κ1) is 22.7. The second-order valence-corrected chi connectivity index (χ2v) is 9.44. The van der Waals surface area contributed by atoms with Crippen molar-refractivity contribution < 1.29 is 27.3 Å². The number of carbonyl (C=O) groups is 2. The fourth-order valence-corrected chi connectivity index (χ4v) is 5.06. The first-order valence-corrected chi connectivity index (χ1v) is 11.8. The Hall–Kier alpha value is -3.50. The van der Waals surface area contributed by atoms with Crippen molar-refractivity contribution in [2.24, 2.45) is 0 Å². The molecule has 0 N–H and O–H groups in total. The average molecular weight is 470 g/mol. The number of aromatic nitrogens is 1. The van der Waals surface area contributed by atoms with Crippen LogP contribution in [-0.4, -0.2) is 67.4 Å². The van der Waals surface area contributed by atoms with Crippen LogP contribution in [0.15, 0.2) is 70.1 Å². The number of piperazine rings is 1. The highest BCUT2D eigenvalue weighted by Crippen LogP contribution is 2.25. The number of esters is 1. The number of nitrogens with zero attached hydrogens (tertiary/aromatic N) is 3. The molecular weight excluding hydrogens is 446 g/mol. The van der Waals surface area contributed by atoms with Crippen LogP contribution in [-0.2, 0) is 19.6 Å². The van der Waals surface area contributed by atoms with E-state index in [2.05, 4.69) is 5.16 Å². The number of hydrogen-bond donors (Lipinski definition) is 0. The lowest BCUT2D eigenvalue weighted by molar-refractivity contribution is -0.135. The fraction of sp³-hybridized carbons (Fsp3) is 0.261. The van der Waals surface area contributed by atoms with E-state index in [-0.39, 0.29) is 36.6 Å².